The Labute approximate surface area is 55.9 Å². The predicted octanol–water partition coefficient (Wildman–Crippen LogP) is 1.81. The summed E-state index contributed by atoms with van der Waals surface area (Å²) in [6, 6.07) is 0. The fourth-order valence-electron chi connectivity index (χ4n) is 1.09. The summed E-state index contributed by atoms with van der Waals surface area (Å²) in [5, 5.41) is 3.92. The van der Waals surface area contributed by atoms with E-state index in [1.165, 1.54) is 5.71 Å². The first-order valence-corrected chi connectivity index (χ1v) is 3.57. The molecule has 0 bridgehead atoms. The van der Waals surface area contributed by atoms with Crippen LogP contribution in [0.5, 0.6) is 0 Å². The van der Waals surface area contributed by atoms with Crippen molar-refractivity contribution < 1.29 is 4.84 Å². The van der Waals surface area contributed by atoms with Crippen LogP contribution in [0.15, 0.2) is 5.16 Å². The highest BCUT2D eigenvalue weighted by molar-refractivity contribution is 5.87. The van der Waals surface area contributed by atoms with E-state index in [1.54, 1.807) is 0 Å². The molecule has 1 unspecified atom stereocenters. The van der Waals surface area contributed by atoms with Gasteiger partial charge in [0.1, 0.15) is 6.61 Å². The molecular weight excluding hydrogens is 114 g/mol. The lowest BCUT2D eigenvalue weighted by molar-refractivity contribution is 0.154. The average molecular weight is 127 g/mol. The lowest BCUT2D eigenvalue weighted by Crippen LogP contribution is -2.10. The Hall–Kier alpha value is -0.530. The van der Waals surface area contributed by atoms with E-state index in [0.717, 1.165) is 19.4 Å². The second-order valence-corrected chi connectivity index (χ2v) is 2.34. The third-order valence-electron chi connectivity index (χ3n) is 1.78. The number of nitrogens with zero attached hydrogens (tertiary/aromatic N) is 1. The molecule has 0 amide bonds. The quantitative estimate of drug-likeness (QED) is 0.554. The van der Waals surface area contributed by atoms with Crippen molar-refractivity contribution >= 4 is 5.71 Å². The minimum atomic E-state index is 0.606. The van der Waals surface area contributed by atoms with Crippen LogP contribution in [0.4, 0.5) is 0 Å². The van der Waals surface area contributed by atoms with Gasteiger partial charge < -0.3 is 4.84 Å². The summed E-state index contributed by atoms with van der Waals surface area (Å²) in [5.41, 5.74) is 1.23. The van der Waals surface area contributed by atoms with Gasteiger partial charge in [-0.05, 0) is 12.8 Å². The van der Waals surface area contributed by atoms with E-state index in [4.69, 9.17) is 4.84 Å². The van der Waals surface area contributed by atoms with Gasteiger partial charge in [0.2, 0.25) is 0 Å². The largest absolute Gasteiger partial charge is 0.395 e. The molecule has 0 aliphatic carbocycles. The van der Waals surface area contributed by atoms with Gasteiger partial charge in [-0.2, -0.15) is 0 Å². The lowest BCUT2D eigenvalue weighted by atomic mass is 10.0. The predicted molar refractivity (Wildman–Crippen MR) is 37.5 cm³/mol. The maximum absolute atomic E-state index is 4.94. The molecule has 1 aliphatic rings. The summed E-state index contributed by atoms with van der Waals surface area (Å²) in [5.74, 6) is 0.606. The van der Waals surface area contributed by atoms with Crippen molar-refractivity contribution in [2.75, 3.05) is 6.61 Å². The van der Waals surface area contributed by atoms with Crippen molar-refractivity contribution in [1.29, 1.82) is 0 Å². The van der Waals surface area contributed by atoms with Crippen molar-refractivity contribution in [3.05, 3.63) is 0 Å². The number of hydrogen-bond acceptors (Lipinski definition) is 2. The molecule has 1 atom stereocenters. The van der Waals surface area contributed by atoms with Crippen LogP contribution in [-0.4, -0.2) is 12.3 Å². The SMILES string of the molecule is CCC1=NOCC1CC. The Morgan fingerprint density at radius 2 is 2.44 bits per heavy atom. The first-order valence-electron chi connectivity index (χ1n) is 3.57. The van der Waals surface area contributed by atoms with Gasteiger partial charge in [0.05, 0.1) is 5.71 Å². The topological polar surface area (TPSA) is 21.6 Å². The van der Waals surface area contributed by atoms with Crippen molar-refractivity contribution in [2.24, 2.45) is 11.1 Å². The van der Waals surface area contributed by atoms with Crippen molar-refractivity contribution in [3.8, 4) is 0 Å². The molecule has 0 aromatic heterocycles. The maximum Gasteiger partial charge on any atom is 0.125 e. The van der Waals surface area contributed by atoms with Crippen molar-refractivity contribution in [2.45, 2.75) is 26.7 Å². The number of hydrogen-bond donors (Lipinski definition) is 0. The van der Waals surface area contributed by atoms with Gasteiger partial charge in [-0.1, -0.05) is 19.0 Å². The second-order valence-electron chi connectivity index (χ2n) is 2.34. The molecule has 0 N–H and O–H groups in total. The molecular formula is C7H13NO. The molecule has 2 nitrogen and oxygen atoms in total. The smallest absolute Gasteiger partial charge is 0.125 e. The van der Waals surface area contributed by atoms with Crippen LogP contribution in [0.25, 0.3) is 0 Å². The summed E-state index contributed by atoms with van der Waals surface area (Å²) < 4.78 is 0. The summed E-state index contributed by atoms with van der Waals surface area (Å²) in [7, 11) is 0. The first kappa shape index (κ1) is 6.59. The Kier molecular flexibility index (Phi) is 2.09. The molecule has 0 aromatic rings. The summed E-state index contributed by atoms with van der Waals surface area (Å²) in [6.45, 7) is 5.10. The summed E-state index contributed by atoms with van der Waals surface area (Å²) in [4.78, 5) is 4.94. The Morgan fingerprint density at radius 3 is 2.89 bits per heavy atom. The van der Waals surface area contributed by atoms with Gasteiger partial charge >= 0.3 is 0 Å². The Balaban J connectivity index is 2.47. The van der Waals surface area contributed by atoms with Gasteiger partial charge in [-0.15, -0.1) is 0 Å². The third kappa shape index (κ3) is 1.23. The zero-order valence-electron chi connectivity index (χ0n) is 6.05. The van der Waals surface area contributed by atoms with Crippen LogP contribution in [0.1, 0.15) is 26.7 Å². The molecule has 0 radical (unpaired) electrons. The second kappa shape index (κ2) is 2.85. The Morgan fingerprint density at radius 1 is 1.67 bits per heavy atom. The normalized spacial score (nSPS) is 25.6. The molecule has 0 saturated carbocycles. The van der Waals surface area contributed by atoms with Crippen LogP contribution in [0.2, 0.25) is 0 Å². The van der Waals surface area contributed by atoms with E-state index >= 15 is 0 Å². The van der Waals surface area contributed by atoms with E-state index < -0.39 is 0 Å². The van der Waals surface area contributed by atoms with E-state index in [-0.39, 0.29) is 0 Å². The lowest BCUT2D eigenvalue weighted by Gasteiger charge is -2.02. The van der Waals surface area contributed by atoms with Crippen LogP contribution in [0.3, 0.4) is 0 Å². The number of oxime groups is 1. The molecule has 2 heteroatoms. The maximum atomic E-state index is 4.94. The highest BCUT2D eigenvalue weighted by atomic mass is 16.6. The molecule has 0 spiro atoms. The molecule has 0 saturated heterocycles. The average Bonchev–Trinajstić information content (AvgIpc) is 2.33. The summed E-state index contributed by atoms with van der Waals surface area (Å²) >= 11 is 0. The zero-order valence-corrected chi connectivity index (χ0v) is 6.05. The van der Waals surface area contributed by atoms with Gasteiger partial charge in [0.15, 0.2) is 0 Å². The standard InChI is InChI=1S/C7H13NO/c1-3-6-5-9-8-7(6)4-2/h6H,3-5H2,1-2H3. The van der Waals surface area contributed by atoms with E-state index in [9.17, 15) is 0 Å². The van der Waals surface area contributed by atoms with Gasteiger partial charge in [0.25, 0.3) is 0 Å². The van der Waals surface area contributed by atoms with Crippen LogP contribution < -0.4 is 0 Å². The van der Waals surface area contributed by atoms with Crippen LogP contribution >= 0.6 is 0 Å². The Bertz CT molecular complexity index is 120. The molecule has 1 rings (SSSR count). The fraction of sp³-hybridized carbons (Fsp3) is 0.857. The van der Waals surface area contributed by atoms with Gasteiger partial charge in [-0.25, -0.2) is 0 Å². The monoisotopic (exact) mass is 127 g/mol. The van der Waals surface area contributed by atoms with Crippen LogP contribution in [0, 0.1) is 5.92 Å². The fourth-order valence-corrected chi connectivity index (χ4v) is 1.09. The molecule has 52 valence electrons. The van der Waals surface area contributed by atoms with E-state index in [2.05, 4.69) is 19.0 Å². The number of rotatable bonds is 2. The minimum Gasteiger partial charge on any atom is -0.395 e. The third-order valence-corrected chi connectivity index (χ3v) is 1.78. The minimum absolute atomic E-state index is 0.606. The summed E-state index contributed by atoms with van der Waals surface area (Å²) in [6.07, 6.45) is 2.20. The van der Waals surface area contributed by atoms with Crippen molar-refractivity contribution in [1.82, 2.24) is 0 Å². The van der Waals surface area contributed by atoms with Crippen molar-refractivity contribution in [3.63, 3.8) is 0 Å². The molecule has 9 heavy (non-hydrogen) atoms. The molecule has 1 heterocycles. The van der Waals surface area contributed by atoms with E-state index in [0.29, 0.717) is 5.92 Å². The first-order chi connectivity index (χ1) is 4.38. The highest BCUT2D eigenvalue weighted by Gasteiger charge is 2.18. The van der Waals surface area contributed by atoms with Crippen LogP contribution in [-0.2, 0) is 4.84 Å². The molecule has 0 fully saturated rings. The highest BCUT2D eigenvalue weighted by Crippen LogP contribution is 2.15. The van der Waals surface area contributed by atoms with Gasteiger partial charge in [-0.3, -0.25) is 0 Å². The zero-order chi connectivity index (χ0) is 6.69. The molecule has 1 aliphatic heterocycles. The van der Waals surface area contributed by atoms with E-state index in [1.807, 2.05) is 0 Å². The van der Waals surface area contributed by atoms with Gasteiger partial charge in [0, 0.05) is 5.92 Å². The molecule has 0 aromatic carbocycles.